The van der Waals surface area contributed by atoms with Crippen molar-refractivity contribution in [1.82, 2.24) is 10.3 Å². The van der Waals surface area contributed by atoms with E-state index >= 15 is 0 Å². The Bertz CT molecular complexity index is 684. The van der Waals surface area contributed by atoms with E-state index in [1.165, 1.54) is 12.0 Å². The molecule has 6 heteroatoms. The molecular weight excluding hydrogens is 447 g/mol. The maximum absolute atomic E-state index is 6.02. The van der Waals surface area contributed by atoms with Gasteiger partial charge in [-0.25, -0.2) is 0 Å². The molecule has 0 atom stereocenters. The fourth-order valence-electron chi connectivity index (χ4n) is 3.10. The van der Waals surface area contributed by atoms with Gasteiger partial charge in [-0.1, -0.05) is 36.2 Å². The zero-order valence-electron chi connectivity index (χ0n) is 14.1. The first-order valence-electron chi connectivity index (χ1n) is 8.38. The van der Waals surface area contributed by atoms with Crippen LogP contribution >= 0.6 is 35.6 Å². The van der Waals surface area contributed by atoms with Crippen LogP contribution in [0.15, 0.2) is 53.7 Å². The van der Waals surface area contributed by atoms with Crippen LogP contribution in [-0.4, -0.2) is 24.0 Å². The second kappa shape index (κ2) is 9.38. The minimum atomic E-state index is 0. The Hall–Kier alpha value is -1.34. The van der Waals surface area contributed by atoms with Crippen LogP contribution in [0.4, 0.5) is 0 Å². The third kappa shape index (κ3) is 5.31. The molecule has 1 aliphatic rings. The third-order valence-corrected chi connectivity index (χ3v) is 4.98. The first kappa shape index (κ1) is 20.0. The van der Waals surface area contributed by atoms with Crippen LogP contribution in [0.1, 0.15) is 30.5 Å². The molecule has 1 saturated carbocycles. The van der Waals surface area contributed by atoms with Crippen LogP contribution in [0.25, 0.3) is 0 Å². The molecule has 0 radical (unpaired) electrons. The number of nitrogens with zero attached hydrogens (tertiary/aromatic N) is 2. The Morgan fingerprint density at radius 1 is 1.20 bits per heavy atom. The minimum absolute atomic E-state index is 0. The number of aromatic nitrogens is 1. The summed E-state index contributed by atoms with van der Waals surface area (Å²) in [6.45, 7) is 1.46. The maximum atomic E-state index is 6.02. The number of aliphatic imine (C=N–C) groups is 1. The molecule has 1 fully saturated rings. The molecule has 0 spiro atoms. The van der Waals surface area contributed by atoms with Gasteiger partial charge in [-0.3, -0.25) is 9.98 Å². The fourth-order valence-corrected chi connectivity index (χ4v) is 3.23. The number of pyridine rings is 1. The van der Waals surface area contributed by atoms with Crippen LogP contribution in [0, 0.1) is 0 Å². The molecule has 1 aromatic heterocycles. The third-order valence-electron chi connectivity index (χ3n) is 4.73. The first-order valence-corrected chi connectivity index (χ1v) is 8.76. The van der Waals surface area contributed by atoms with E-state index in [1.807, 2.05) is 30.3 Å². The predicted octanol–water partition coefficient (Wildman–Crippen LogP) is 3.92. The number of rotatable bonds is 6. The van der Waals surface area contributed by atoms with Crippen molar-refractivity contribution >= 4 is 41.5 Å². The number of hydrogen-bond acceptors (Lipinski definition) is 2. The van der Waals surface area contributed by atoms with Crippen molar-refractivity contribution in [3.63, 3.8) is 0 Å². The fraction of sp³-hybridized carbons (Fsp3) is 0.368. The van der Waals surface area contributed by atoms with Gasteiger partial charge in [0.25, 0.3) is 0 Å². The van der Waals surface area contributed by atoms with Crippen LogP contribution in [0.5, 0.6) is 0 Å². The largest absolute Gasteiger partial charge is 0.370 e. The second-order valence-electron chi connectivity index (χ2n) is 6.34. The van der Waals surface area contributed by atoms with E-state index in [0.29, 0.717) is 5.96 Å². The normalized spacial score (nSPS) is 15.8. The number of guanidine groups is 1. The summed E-state index contributed by atoms with van der Waals surface area (Å²) in [5, 5.41) is 3.95. The summed E-state index contributed by atoms with van der Waals surface area (Å²) in [5.74, 6) is 0.506. The molecule has 3 rings (SSSR count). The Kier molecular flexibility index (Phi) is 7.50. The average Bonchev–Trinajstić information content (AvgIpc) is 2.56. The van der Waals surface area contributed by atoms with Gasteiger partial charge in [-0.05, 0) is 42.7 Å². The van der Waals surface area contributed by atoms with Crippen molar-refractivity contribution in [1.29, 1.82) is 0 Å². The Morgan fingerprint density at radius 2 is 1.96 bits per heavy atom. The average molecular weight is 471 g/mol. The lowest BCUT2D eigenvalue weighted by atomic mass is 9.64. The summed E-state index contributed by atoms with van der Waals surface area (Å²) >= 11 is 6.00. The predicted molar refractivity (Wildman–Crippen MR) is 115 cm³/mol. The summed E-state index contributed by atoms with van der Waals surface area (Å²) in [5.41, 5.74) is 8.51. The number of benzene rings is 1. The van der Waals surface area contributed by atoms with Crippen LogP contribution < -0.4 is 11.1 Å². The van der Waals surface area contributed by atoms with Gasteiger partial charge in [0.15, 0.2) is 5.96 Å². The van der Waals surface area contributed by atoms with Crippen molar-refractivity contribution in [3.05, 3.63) is 64.9 Å². The number of nitrogens with one attached hydrogen (secondary N) is 1. The standard InChI is InChI=1S/C19H23ClN4.HI/c20-16-7-5-15(6-8-16)19(10-3-11-19)14-24-18(21)23-13-9-17-4-1-2-12-22-17;/h1-2,4-8,12H,3,9-11,13-14H2,(H3,21,23,24);1H. The molecule has 0 amide bonds. The smallest absolute Gasteiger partial charge is 0.188 e. The number of nitrogens with two attached hydrogens (primary N) is 1. The van der Waals surface area contributed by atoms with Gasteiger partial charge in [0.2, 0.25) is 0 Å². The van der Waals surface area contributed by atoms with Crippen LogP contribution in [0.2, 0.25) is 5.02 Å². The van der Waals surface area contributed by atoms with Crippen molar-refractivity contribution in [3.8, 4) is 0 Å². The molecule has 0 saturated heterocycles. The van der Waals surface area contributed by atoms with Crippen molar-refractivity contribution in [2.24, 2.45) is 10.7 Å². The van der Waals surface area contributed by atoms with E-state index in [1.54, 1.807) is 6.20 Å². The molecule has 2 aromatic rings. The Labute approximate surface area is 171 Å². The van der Waals surface area contributed by atoms with Crippen LogP contribution in [-0.2, 0) is 11.8 Å². The SMILES string of the molecule is I.NC(=NCC1(c2ccc(Cl)cc2)CCC1)NCCc1ccccn1. The minimum Gasteiger partial charge on any atom is -0.370 e. The lowest BCUT2D eigenvalue weighted by Gasteiger charge is -2.41. The van der Waals surface area contributed by atoms with Crippen molar-refractivity contribution in [2.75, 3.05) is 13.1 Å². The molecule has 25 heavy (non-hydrogen) atoms. The monoisotopic (exact) mass is 470 g/mol. The summed E-state index contributed by atoms with van der Waals surface area (Å²) in [6, 6.07) is 14.1. The summed E-state index contributed by atoms with van der Waals surface area (Å²) in [4.78, 5) is 8.88. The quantitative estimate of drug-likeness (QED) is 0.382. The van der Waals surface area contributed by atoms with Gasteiger partial charge >= 0.3 is 0 Å². The molecule has 1 heterocycles. The van der Waals surface area contributed by atoms with Gasteiger partial charge in [-0.15, -0.1) is 24.0 Å². The van der Waals surface area contributed by atoms with Crippen LogP contribution in [0.3, 0.4) is 0 Å². The number of hydrogen-bond donors (Lipinski definition) is 2. The molecule has 4 nitrogen and oxygen atoms in total. The maximum Gasteiger partial charge on any atom is 0.188 e. The molecule has 3 N–H and O–H groups in total. The molecule has 1 aliphatic carbocycles. The van der Waals surface area contributed by atoms with E-state index in [9.17, 15) is 0 Å². The van der Waals surface area contributed by atoms with Gasteiger partial charge in [-0.2, -0.15) is 0 Å². The zero-order chi connectivity index (χ0) is 16.8. The molecule has 1 aromatic carbocycles. The second-order valence-corrected chi connectivity index (χ2v) is 6.78. The van der Waals surface area contributed by atoms with Gasteiger partial charge in [0, 0.05) is 35.3 Å². The lowest BCUT2D eigenvalue weighted by Crippen LogP contribution is -2.40. The molecule has 0 bridgehead atoms. The highest BCUT2D eigenvalue weighted by Crippen LogP contribution is 2.44. The van der Waals surface area contributed by atoms with Crippen molar-refractivity contribution < 1.29 is 0 Å². The highest BCUT2D eigenvalue weighted by atomic mass is 127. The van der Waals surface area contributed by atoms with E-state index in [4.69, 9.17) is 17.3 Å². The molecule has 134 valence electrons. The van der Waals surface area contributed by atoms with Gasteiger partial charge in [0.05, 0.1) is 6.54 Å². The van der Waals surface area contributed by atoms with E-state index in [0.717, 1.165) is 43.1 Å². The molecular formula is C19H24ClIN4. The summed E-state index contributed by atoms with van der Waals surface area (Å²) in [6.07, 6.45) is 6.18. The van der Waals surface area contributed by atoms with E-state index in [2.05, 4.69) is 27.4 Å². The highest BCUT2D eigenvalue weighted by molar-refractivity contribution is 14.0. The highest BCUT2D eigenvalue weighted by Gasteiger charge is 2.38. The summed E-state index contributed by atoms with van der Waals surface area (Å²) in [7, 11) is 0. The topological polar surface area (TPSA) is 63.3 Å². The number of halogens is 2. The Morgan fingerprint density at radius 3 is 2.56 bits per heavy atom. The first-order chi connectivity index (χ1) is 11.7. The molecule has 0 unspecified atom stereocenters. The van der Waals surface area contributed by atoms with Crippen molar-refractivity contribution in [2.45, 2.75) is 31.1 Å². The zero-order valence-corrected chi connectivity index (χ0v) is 17.2. The van der Waals surface area contributed by atoms with E-state index < -0.39 is 0 Å². The summed E-state index contributed by atoms with van der Waals surface area (Å²) < 4.78 is 0. The molecule has 0 aliphatic heterocycles. The van der Waals surface area contributed by atoms with E-state index in [-0.39, 0.29) is 29.4 Å². The van der Waals surface area contributed by atoms with Gasteiger partial charge in [0.1, 0.15) is 0 Å². The van der Waals surface area contributed by atoms with Gasteiger partial charge < -0.3 is 11.1 Å². The lowest BCUT2D eigenvalue weighted by molar-refractivity contribution is 0.253. The Balaban J connectivity index is 0.00000225.